The van der Waals surface area contributed by atoms with Crippen LogP contribution in [0.3, 0.4) is 0 Å². The smallest absolute Gasteiger partial charge is 0.329 e. The zero-order chi connectivity index (χ0) is 26.3. The molecule has 0 aliphatic carbocycles. The lowest BCUT2D eigenvalue weighted by Gasteiger charge is -2.51. The average molecular weight is 492 g/mol. The Labute approximate surface area is 215 Å². The molecule has 0 aromatic heterocycles. The summed E-state index contributed by atoms with van der Waals surface area (Å²) >= 11 is 0. The summed E-state index contributed by atoms with van der Waals surface area (Å²) in [5.41, 5.74) is 0.0323. The van der Waals surface area contributed by atoms with Gasteiger partial charge in [0.1, 0.15) is 5.54 Å². The number of carbonyl (C=O) groups excluding carboxylic acids is 2. The number of nitrogens with zero attached hydrogens (tertiary/aromatic N) is 1. The number of amides is 1. The molecule has 0 radical (unpaired) electrons. The van der Waals surface area contributed by atoms with Gasteiger partial charge in [-0.2, -0.15) is 0 Å². The third-order valence-corrected chi connectivity index (χ3v) is 7.68. The number of carboxylic acid groups (broad SMARTS) is 1. The first kappa shape index (κ1) is 27.6. The molecule has 1 saturated heterocycles. The van der Waals surface area contributed by atoms with E-state index in [1.165, 1.54) is 10.5 Å². The molecular formula is C31H41NO4. The second kappa shape index (κ2) is 11.9. The first-order chi connectivity index (χ1) is 17.1. The van der Waals surface area contributed by atoms with Gasteiger partial charge in [-0.05, 0) is 61.5 Å². The van der Waals surface area contributed by atoms with Crippen molar-refractivity contribution in [2.75, 3.05) is 6.54 Å². The number of Topliss-reactive ketones (excluding diaryl/α,β-unsaturated/α-hetero) is 1. The van der Waals surface area contributed by atoms with Crippen molar-refractivity contribution in [2.45, 2.75) is 84.1 Å². The molecule has 5 nitrogen and oxygen atoms in total. The molecule has 1 aliphatic rings. The molecule has 2 aromatic carbocycles. The summed E-state index contributed by atoms with van der Waals surface area (Å²) in [5, 5.41) is 10.9. The molecular weight excluding hydrogens is 450 g/mol. The van der Waals surface area contributed by atoms with Crippen LogP contribution in [0.1, 0.15) is 83.3 Å². The highest BCUT2D eigenvalue weighted by molar-refractivity contribution is 6.38. The van der Waals surface area contributed by atoms with E-state index in [4.69, 9.17) is 0 Å². The fraction of sp³-hybridized carbons (Fsp3) is 0.516. The Bertz CT molecular complexity index is 1030. The van der Waals surface area contributed by atoms with Gasteiger partial charge in [-0.1, -0.05) is 94.8 Å². The number of carbonyl (C=O) groups is 3. The summed E-state index contributed by atoms with van der Waals surface area (Å²) < 4.78 is 0. The van der Waals surface area contributed by atoms with Gasteiger partial charge in [0.2, 0.25) is 5.78 Å². The number of hydrogen-bond acceptors (Lipinski definition) is 3. The Kier molecular flexibility index (Phi) is 9.10. The molecule has 3 rings (SSSR count). The number of piperidine rings is 1. The normalized spacial score (nSPS) is 21.1. The lowest BCUT2D eigenvalue weighted by atomic mass is 9.67. The minimum Gasteiger partial charge on any atom is -0.479 e. The van der Waals surface area contributed by atoms with E-state index in [-0.39, 0.29) is 18.4 Å². The number of carboxylic acids is 1. The quantitative estimate of drug-likeness (QED) is 0.398. The maximum Gasteiger partial charge on any atom is 0.329 e. The number of benzene rings is 2. The van der Waals surface area contributed by atoms with E-state index >= 15 is 0 Å². The summed E-state index contributed by atoms with van der Waals surface area (Å²) in [6.45, 7) is 7.48. The standard InChI is InChI=1S/C31H41NO4/c1-5-13-26(19-12-16-23-14-8-6-9-15-23)31(29(35)36)22-25(24-17-10-7-11-18-24)20-21-32(31)28(34)27(33)30(2,3)4/h6-11,14-15,17-18,25-26H,5,12-13,16,19-22H2,1-4H3,(H,35,36). The second-order valence-electron chi connectivity index (χ2n) is 11.2. The number of aryl methyl sites for hydroxylation is 1. The van der Waals surface area contributed by atoms with Gasteiger partial charge in [0.05, 0.1) is 0 Å². The van der Waals surface area contributed by atoms with E-state index in [9.17, 15) is 19.5 Å². The van der Waals surface area contributed by atoms with E-state index in [1.807, 2.05) is 48.5 Å². The summed E-state index contributed by atoms with van der Waals surface area (Å²) in [5.74, 6) is -2.39. The van der Waals surface area contributed by atoms with Gasteiger partial charge in [0.15, 0.2) is 0 Å². The maximum atomic E-state index is 13.6. The van der Waals surface area contributed by atoms with E-state index in [1.54, 1.807) is 20.8 Å². The van der Waals surface area contributed by atoms with Crippen molar-refractivity contribution >= 4 is 17.7 Å². The van der Waals surface area contributed by atoms with Gasteiger partial charge in [-0.25, -0.2) is 4.79 Å². The van der Waals surface area contributed by atoms with Crippen molar-refractivity contribution < 1.29 is 19.5 Å². The molecule has 3 unspecified atom stereocenters. The van der Waals surface area contributed by atoms with Crippen molar-refractivity contribution in [1.82, 2.24) is 4.90 Å². The SMILES string of the molecule is CCCC(CCCc1ccccc1)C1(C(=O)O)CC(c2ccccc2)CCN1C(=O)C(=O)C(C)(C)C. The van der Waals surface area contributed by atoms with Crippen molar-refractivity contribution in [3.8, 4) is 0 Å². The summed E-state index contributed by atoms with van der Waals surface area (Å²) in [6, 6.07) is 20.2. The van der Waals surface area contributed by atoms with Gasteiger partial charge >= 0.3 is 5.97 Å². The molecule has 0 saturated carbocycles. The second-order valence-corrected chi connectivity index (χ2v) is 11.2. The van der Waals surface area contributed by atoms with Gasteiger partial charge in [-0.15, -0.1) is 0 Å². The van der Waals surface area contributed by atoms with Gasteiger partial charge < -0.3 is 10.0 Å². The molecule has 5 heteroatoms. The van der Waals surface area contributed by atoms with Crippen LogP contribution in [0, 0.1) is 11.3 Å². The van der Waals surface area contributed by atoms with Crippen LogP contribution in [0.15, 0.2) is 60.7 Å². The van der Waals surface area contributed by atoms with E-state index in [2.05, 4.69) is 19.1 Å². The Balaban J connectivity index is 2.00. The van der Waals surface area contributed by atoms with Crippen LogP contribution in [0.5, 0.6) is 0 Å². The highest BCUT2D eigenvalue weighted by atomic mass is 16.4. The highest BCUT2D eigenvalue weighted by Gasteiger charge is 2.56. The molecule has 0 spiro atoms. The van der Waals surface area contributed by atoms with Gasteiger partial charge in [0, 0.05) is 12.0 Å². The monoisotopic (exact) mass is 491 g/mol. The summed E-state index contributed by atoms with van der Waals surface area (Å²) in [7, 11) is 0. The molecule has 1 heterocycles. The third-order valence-electron chi connectivity index (χ3n) is 7.68. The van der Waals surface area contributed by atoms with Crippen LogP contribution in [0.4, 0.5) is 0 Å². The number of likely N-dealkylation sites (tertiary alicyclic amines) is 1. The predicted octanol–water partition coefficient (Wildman–Crippen LogP) is 6.27. The number of hydrogen-bond donors (Lipinski definition) is 1. The van der Waals surface area contributed by atoms with Gasteiger partial charge in [-0.3, -0.25) is 9.59 Å². The van der Waals surface area contributed by atoms with Crippen molar-refractivity contribution in [2.24, 2.45) is 11.3 Å². The van der Waals surface area contributed by atoms with Crippen molar-refractivity contribution in [3.05, 3.63) is 71.8 Å². The number of aliphatic carboxylic acids is 1. The molecule has 194 valence electrons. The first-order valence-corrected chi connectivity index (χ1v) is 13.3. The third kappa shape index (κ3) is 6.05. The molecule has 1 amide bonds. The van der Waals surface area contributed by atoms with Crippen LogP contribution >= 0.6 is 0 Å². The molecule has 1 N–H and O–H groups in total. The molecule has 0 bridgehead atoms. The van der Waals surface area contributed by atoms with Crippen LogP contribution in [-0.2, 0) is 20.8 Å². The highest BCUT2D eigenvalue weighted by Crippen LogP contribution is 2.46. The Morgan fingerprint density at radius 1 is 1.00 bits per heavy atom. The zero-order valence-electron chi connectivity index (χ0n) is 22.2. The number of rotatable bonds is 10. The predicted molar refractivity (Wildman–Crippen MR) is 143 cm³/mol. The Hall–Kier alpha value is -2.95. The average Bonchev–Trinajstić information content (AvgIpc) is 2.87. The topological polar surface area (TPSA) is 74.7 Å². The van der Waals surface area contributed by atoms with E-state index in [0.29, 0.717) is 25.7 Å². The lowest BCUT2D eigenvalue weighted by molar-refractivity contribution is -0.172. The van der Waals surface area contributed by atoms with Crippen LogP contribution < -0.4 is 0 Å². The zero-order valence-corrected chi connectivity index (χ0v) is 22.2. The van der Waals surface area contributed by atoms with E-state index in [0.717, 1.165) is 24.8 Å². The lowest BCUT2D eigenvalue weighted by Crippen LogP contribution is -2.66. The summed E-state index contributed by atoms with van der Waals surface area (Å²) in [6.07, 6.45) is 4.84. The fourth-order valence-electron chi connectivity index (χ4n) is 5.74. The van der Waals surface area contributed by atoms with Gasteiger partial charge in [0.25, 0.3) is 5.91 Å². The van der Waals surface area contributed by atoms with Crippen LogP contribution in [0.25, 0.3) is 0 Å². The summed E-state index contributed by atoms with van der Waals surface area (Å²) in [4.78, 5) is 41.5. The van der Waals surface area contributed by atoms with Crippen LogP contribution in [-0.4, -0.2) is 39.7 Å². The maximum absolute atomic E-state index is 13.6. The van der Waals surface area contributed by atoms with E-state index < -0.39 is 28.6 Å². The number of ketones is 1. The Morgan fingerprint density at radius 3 is 2.17 bits per heavy atom. The minimum atomic E-state index is -1.41. The molecule has 3 atom stereocenters. The minimum absolute atomic E-state index is 0.0181. The van der Waals surface area contributed by atoms with Crippen molar-refractivity contribution in [1.29, 1.82) is 0 Å². The van der Waals surface area contributed by atoms with Crippen LogP contribution in [0.2, 0.25) is 0 Å². The Morgan fingerprint density at radius 2 is 1.61 bits per heavy atom. The van der Waals surface area contributed by atoms with Crippen molar-refractivity contribution in [3.63, 3.8) is 0 Å². The molecule has 36 heavy (non-hydrogen) atoms. The molecule has 1 aliphatic heterocycles. The molecule has 2 aromatic rings. The fourth-order valence-corrected chi connectivity index (χ4v) is 5.74. The molecule has 1 fully saturated rings. The first-order valence-electron chi connectivity index (χ1n) is 13.3. The largest absolute Gasteiger partial charge is 0.479 e.